The summed E-state index contributed by atoms with van der Waals surface area (Å²) in [7, 11) is 0. The summed E-state index contributed by atoms with van der Waals surface area (Å²) in [5.74, 6) is 0. The van der Waals surface area contributed by atoms with E-state index in [0.717, 1.165) is 0 Å². The van der Waals surface area contributed by atoms with Crippen LogP contribution in [0.15, 0.2) is 24.3 Å². The lowest BCUT2D eigenvalue weighted by Crippen LogP contribution is -2.21. The molecule has 0 aliphatic heterocycles. The van der Waals surface area contributed by atoms with Crippen LogP contribution in [0.2, 0.25) is 0 Å². The molecule has 1 fully saturated rings. The van der Waals surface area contributed by atoms with Gasteiger partial charge in [-0.05, 0) is 44.6 Å². The summed E-state index contributed by atoms with van der Waals surface area (Å²) in [6, 6.07) is 8.83. The third-order valence-corrected chi connectivity index (χ3v) is 3.15. The second kappa shape index (κ2) is 3.74. The van der Waals surface area contributed by atoms with Crippen LogP contribution < -0.4 is 5.73 Å². The van der Waals surface area contributed by atoms with Crippen LogP contribution in [0.1, 0.15) is 36.8 Å². The molecule has 1 aromatic carbocycles. The van der Waals surface area contributed by atoms with Crippen molar-refractivity contribution in [2.45, 2.75) is 44.6 Å². The van der Waals surface area contributed by atoms with E-state index in [0.29, 0.717) is 0 Å². The van der Waals surface area contributed by atoms with Gasteiger partial charge in [0.05, 0.1) is 0 Å². The fourth-order valence-corrected chi connectivity index (χ4v) is 1.81. The van der Waals surface area contributed by atoms with Gasteiger partial charge < -0.3 is 5.73 Å². The highest BCUT2D eigenvalue weighted by molar-refractivity contribution is 5.21. The molecule has 76 valence electrons. The Morgan fingerprint density at radius 1 is 1.21 bits per heavy atom. The van der Waals surface area contributed by atoms with Crippen molar-refractivity contribution in [1.29, 1.82) is 0 Å². The minimum Gasteiger partial charge on any atom is -0.325 e. The van der Waals surface area contributed by atoms with Crippen LogP contribution in [0, 0.1) is 6.92 Å². The van der Waals surface area contributed by atoms with E-state index in [1.165, 1.54) is 43.2 Å². The quantitative estimate of drug-likeness (QED) is 0.774. The molecule has 2 N–H and O–H groups in total. The zero-order valence-electron chi connectivity index (χ0n) is 8.92. The topological polar surface area (TPSA) is 26.0 Å². The number of benzene rings is 1. The largest absolute Gasteiger partial charge is 0.325 e. The summed E-state index contributed by atoms with van der Waals surface area (Å²) in [5.41, 5.74) is 9.05. The van der Waals surface area contributed by atoms with E-state index in [9.17, 15) is 0 Å². The van der Waals surface area contributed by atoms with Crippen LogP contribution >= 0.6 is 0 Å². The molecule has 0 heterocycles. The Morgan fingerprint density at radius 2 is 1.86 bits per heavy atom. The predicted octanol–water partition coefficient (Wildman–Crippen LogP) is 2.81. The molecule has 14 heavy (non-hydrogen) atoms. The van der Waals surface area contributed by atoms with Gasteiger partial charge in [-0.3, -0.25) is 0 Å². The summed E-state index contributed by atoms with van der Waals surface area (Å²) in [6.07, 6.45) is 6.08. The van der Waals surface area contributed by atoms with Crippen molar-refractivity contribution in [1.82, 2.24) is 0 Å². The minimum atomic E-state index is 0.227. The molecule has 0 bridgehead atoms. The lowest BCUT2D eigenvalue weighted by Gasteiger charge is -2.07. The van der Waals surface area contributed by atoms with Crippen molar-refractivity contribution in [2.75, 3.05) is 0 Å². The van der Waals surface area contributed by atoms with Gasteiger partial charge in [0.2, 0.25) is 0 Å². The molecule has 2 rings (SSSR count). The van der Waals surface area contributed by atoms with Crippen LogP contribution in [0.25, 0.3) is 0 Å². The van der Waals surface area contributed by atoms with Crippen LogP contribution in [-0.2, 0) is 6.42 Å². The highest BCUT2D eigenvalue weighted by Gasteiger charge is 2.36. The SMILES string of the molecule is Cc1ccc(CCCC2(N)CC2)cc1. The number of hydrogen-bond acceptors (Lipinski definition) is 1. The third-order valence-electron chi connectivity index (χ3n) is 3.15. The molecule has 0 spiro atoms. The maximum Gasteiger partial charge on any atom is 0.0155 e. The lowest BCUT2D eigenvalue weighted by atomic mass is 10.0. The normalized spacial score (nSPS) is 18.1. The van der Waals surface area contributed by atoms with Crippen LogP contribution in [0.4, 0.5) is 0 Å². The molecular formula is C13H19N. The van der Waals surface area contributed by atoms with Crippen LogP contribution in [-0.4, -0.2) is 5.54 Å². The minimum absolute atomic E-state index is 0.227. The maximum atomic E-state index is 6.03. The molecule has 0 saturated heterocycles. The number of hydrogen-bond donors (Lipinski definition) is 1. The smallest absolute Gasteiger partial charge is 0.0155 e. The van der Waals surface area contributed by atoms with E-state index < -0.39 is 0 Å². The van der Waals surface area contributed by atoms with E-state index in [4.69, 9.17) is 5.73 Å². The first kappa shape index (κ1) is 9.72. The fraction of sp³-hybridized carbons (Fsp3) is 0.538. The monoisotopic (exact) mass is 189 g/mol. The molecule has 1 aliphatic rings. The molecule has 1 aliphatic carbocycles. The van der Waals surface area contributed by atoms with Crippen molar-refractivity contribution >= 4 is 0 Å². The van der Waals surface area contributed by atoms with Crippen molar-refractivity contribution in [3.8, 4) is 0 Å². The molecule has 0 aromatic heterocycles. The maximum absolute atomic E-state index is 6.03. The first-order valence-corrected chi connectivity index (χ1v) is 5.52. The highest BCUT2D eigenvalue weighted by atomic mass is 14.8. The Balaban J connectivity index is 1.77. The molecule has 0 atom stereocenters. The van der Waals surface area contributed by atoms with E-state index in [2.05, 4.69) is 31.2 Å². The van der Waals surface area contributed by atoms with E-state index in [-0.39, 0.29) is 5.54 Å². The van der Waals surface area contributed by atoms with E-state index in [1.807, 2.05) is 0 Å². The molecule has 1 saturated carbocycles. The Bertz CT molecular complexity index is 296. The molecule has 0 unspecified atom stereocenters. The van der Waals surface area contributed by atoms with Crippen LogP contribution in [0.5, 0.6) is 0 Å². The second-order valence-corrected chi connectivity index (χ2v) is 4.70. The van der Waals surface area contributed by atoms with Gasteiger partial charge in [0.1, 0.15) is 0 Å². The molecule has 0 amide bonds. The first-order chi connectivity index (χ1) is 6.68. The third kappa shape index (κ3) is 2.58. The van der Waals surface area contributed by atoms with Gasteiger partial charge in [0.25, 0.3) is 0 Å². The van der Waals surface area contributed by atoms with Gasteiger partial charge in [-0.1, -0.05) is 29.8 Å². The summed E-state index contributed by atoms with van der Waals surface area (Å²) in [4.78, 5) is 0. The van der Waals surface area contributed by atoms with Crippen molar-refractivity contribution in [3.63, 3.8) is 0 Å². The second-order valence-electron chi connectivity index (χ2n) is 4.70. The van der Waals surface area contributed by atoms with Crippen molar-refractivity contribution in [3.05, 3.63) is 35.4 Å². The average Bonchev–Trinajstić information content (AvgIpc) is 2.88. The molecular weight excluding hydrogens is 170 g/mol. The van der Waals surface area contributed by atoms with E-state index >= 15 is 0 Å². The first-order valence-electron chi connectivity index (χ1n) is 5.52. The standard InChI is InChI=1S/C13H19N/c1-11-4-6-12(7-5-11)3-2-8-13(14)9-10-13/h4-7H,2-3,8-10,14H2,1H3. The van der Waals surface area contributed by atoms with Gasteiger partial charge in [-0.15, -0.1) is 0 Å². The zero-order chi connectivity index (χ0) is 10.0. The molecule has 1 aromatic rings. The molecule has 1 nitrogen and oxygen atoms in total. The van der Waals surface area contributed by atoms with Crippen molar-refractivity contribution < 1.29 is 0 Å². The number of nitrogens with two attached hydrogens (primary N) is 1. The predicted molar refractivity (Wildman–Crippen MR) is 60.3 cm³/mol. The Morgan fingerprint density at radius 3 is 2.43 bits per heavy atom. The number of rotatable bonds is 4. The summed E-state index contributed by atoms with van der Waals surface area (Å²) in [5, 5.41) is 0. The van der Waals surface area contributed by atoms with Gasteiger partial charge in [0.15, 0.2) is 0 Å². The Kier molecular flexibility index (Phi) is 2.60. The molecule has 1 heteroatoms. The molecule has 0 radical (unpaired) electrons. The van der Waals surface area contributed by atoms with Gasteiger partial charge in [-0.25, -0.2) is 0 Å². The van der Waals surface area contributed by atoms with Gasteiger partial charge in [-0.2, -0.15) is 0 Å². The van der Waals surface area contributed by atoms with Crippen molar-refractivity contribution in [2.24, 2.45) is 5.73 Å². The zero-order valence-corrected chi connectivity index (χ0v) is 8.92. The fourth-order valence-electron chi connectivity index (χ4n) is 1.81. The summed E-state index contributed by atoms with van der Waals surface area (Å²) >= 11 is 0. The van der Waals surface area contributed by atoms with E-state index in [1.54, 1.807) is 0 Å². The van der Waals surface area contributed by atoms with Crippen LogP contribution in [0.3, 0.4) is 0 Å². The number of aryl methyl sites for hydroxylation is 2. The van der Waals surface area contributed by atoms with Gasteiger partial charge in [0, 0.05) is 5.54 Å². The Labute approximate surface area is 86.3 Å². The average molecular weight is 189 g/mol. The highest BCUT2D eigenvalue weighted by Crippen LogP contribution is 2.36. The lowest BCUT2D eigenvalue weighted by molar-refractivity contribution is 0.576. The Hall–Kier alpha value is -0.820. The van der Waals surface area contributed by atoms with Gasteiger partial charge >= 0.3 is 0 Å². The summed E-state index contributed by atoms with van der Waals surface area (Å²) in [6.45, 7) is 2.13. The summed E-state index contributed by atoms with van der Waals surface area (Å²) < 4.78 is 0.